The molecular weight excluding hydrogens is 312 g/mol. The number of nitrogens with zero attached hydrogens (tertiary/aromatic N) is 4. The molecule has 0 spiro atoms. The fraction of sp³-hybridized carbons (Fsp3) is 0.333. The van der Waals surface area contributed by atoms with Crippen molar-refractivity contribution in [2.45, 2.75) is 13.0 Å². The first-order valence-corrected chi connectivity index (χ1v) is 7.55. The molecule has 2 aromatic rings. The third-order valence-electron chi connectivity index (χ3n) is 3.12. The topological polar surface area (TPSA) is 83.0 Å². The van der Waals surface area contributed by atoms with Gasteiger partial charge in [-0.05, 0) is 0 Å². The lowest BCUT2D eigenvalue weighted by atomic mass is 10.2. The largest absolute Gasteiger partial charge is 0.351 e. The van der Waals surface area contributed by atoms with Crippen LogP contribution in [-0.4, -0.2) is 34.6 Å². The van der Waals surface area contributed by atoms with Gasteiger partial charge in [-0.1, -0.05) is 22.9 Å². The van der Waals surface area contributed by atoms with Crippen LogP contribution < -0.4 is 15.5 Å². The van der Waals surface area contributed by atoms with Gasteiger partial charge < -0.3 is 10.2 Å². The van der Waals surface area contributed by atoms with Crippen molar-refractivity contribution in [3.8, 4) is 0 Å². The maximum atomic E-state index is 11.3. The number of nitrogens with one attached hydrogen (secondary N) is 2. The molecule has 110 valence electrons. The van der Waals surface area contributed by atoms with Gasteiger partial charge in [0.2, 0.25) is 0 Å². The molecule has 0 unspecified atom stereocenters. The van der Waals surface area contributed by atoms with Crippen LogP contribution in [0.4, 0.5) is 15.7 Å². The van der Waals surface area contributed by atoms with Crippen molar-refractivity contribution in [3.63, 3.8) is 0 Å². The zero-order valence-electron chi connectivity index (χ0n) is 11.3. The van der Waals surface area contributed by atoms with E-state index in [4.69, 9.17) is 11.6 Å². The van der Waals surface area contributed by atoms with Crippen LogP contribution in [0.2, 0.25) is 5.15 Å². The van der Waals surface area contributed by atoms with Crippen LogP contribution in [0.5, 0.6) is 0 Å². The molecule has 9 heteroatoms. The molecule has 0 saturated carbocycles. The number of hydrogen-bond donors (Lipinski definition) is 2. The number of hydrogen-bond acceptors (Lipinski definition) is 6. The summed E-state index contributed by atoms with van der Waals surface area (Å²) in [5.41, 5.74) is 1.03. The molecule has 21 heavy (non-hydrogen) atoms. The van der Waals surface area contributed by atoms with Crippen LogP contribution >= 0.6 is 22.9 Å². The molecule has 0 aromatic carbocycles. The molecule has 0 saturated heterocycles. The highest BCUT2D eigenvalue weighted by Crippen LogP contribution is 2.30. The molecule has 0 atom stereocenters. The van der Waals surface area contributed by atoms with Crippen molar-refractivity contribution in [2.75, 3.05) is 23.8 Å². The molecule has 7 nitrogen and oxygen atoms in total. The van der Waals surface area contributed by atoms with Gasteiger partial charge in [-0.25, -0.2) is 19.7 Å². The summed E-state index contributed by atoms with van der Waals surface area (Å²) in [7, 11) is 1.57. The minimum atomic E-state index is -0.263. The minimum Gasteiger partial charge on any atom is -0.351 e. The Morgan fingerprint density at radius 1 is 1.48 bits per heavy atom. The Morgan fingerprint density at radius 2 is 2.33 bits per heavy atom. The third-order valence-corrected chi connectivity index (χ3v) is 4.33. The maximum Gasteiger partial charge on any atom is 0.320 e. The van der Waals surface area contributed by atoms with Crippen molar-refractivity contribution in [3.05, 3.63) is 28.1 Å². The van der Waals surface area contributed by atoms with E-state index >= 15 is 0 Å². The molecule has 2 aromatic heterocycles. The number of rotatable bonds is 2. The number of carbonyl (C=O) groups is 1. The van der Waals surface area contributed by atoms with Gasteiger partial charge in [0.15, 0.2) is 5.13 Å². The molecule has 1 aliphatic heterocycles. The Labute approximate surface area is 130 Å². The monoisotopic (exact) mass is 324 g/mol. The second kappa shape index (κ2) is 5.82. The number of anilines is 2. The molecule has 0 radical (unpaired) electrons. The molecule has 0 aliphatic carbocycles. The van der Waals surface area contributed by atoms with E-state index in [1.807, 2.05) is 0 Å². The smallest absolute Gasteiger partial charge is 0.320 e. The second-order valence-corrected chi connectivity index (χ2v) is 5.93. The standard InChI is InChI=1S/C12H13ClN6OS/c1-14-11(20)18-12-17-7-2-3-19(5-8(7)21-12)10-4-9(13)15-6-16-10/h4,6H,2-3,5H2,1H3,(H2,14,17,18,20). The van der Waals surface area contributed by atoms with E-state index in [0.717, 1.165) is 29.4 Å². The van der Waals surface area contributed by atoms with Gasteiger partial charge in [0.05, 0.1) is 12.2 Å². The minimum absolute atomic E-state index is 0.263. The van der Waals surface area contributed by atoms with Gasteiger partial charge in [0.25, 0.3) is 0 Å². The fourth-order valence-corrected chi connectivity index (χ4v) is 3.26. The van der Waals surface area contributed by atoms with Crippen LogP contribution in [0.15, 0.2) is 12.4 Å². The Bertz CT molecular complexity index is 676. The van der Waals surface area contributed by atoms with Crippen molar-refractivity contribution in [2.24, 2.45) is 0 Å². The van der Waals surface area contributed by atoms with Crippen molar-refractivity contribution in [1.82, 2.24) is 20.3 Å². The summed E-state index contributed by atoms with van der Waals surface area (Å²) in [6.45, 7) is 1.51. The molecule has 0 bridgehead atoms. The first-order chi connectivity index (χ1) is 10.2. The maximum absolute atomic E-state index is 11.3. The van der Waals surface area contributed by atoms with Gasteiger partial charge in [-0.15, -0.1) is 0 Å². The summed E-state index contributed by atoms with van der Waals surface area (Å²) < 4.78 is 0. The molecule has 3 heterocycles. The van der Waals surface area contributed by atoms with Crippen LogP contribution in [-0.2, 0) is 13.0 Å². The predicted molar refractivity (Wildman–Crippen MR) is 82.0 cm³/mol. The molecule has 2 N–H and O–H groups in total. The van der Waals surface area contributed by atoms with Gasteiger partial charge in [-0.2, -0.15) is 0 Å². The first kappa shape index (κ1) is 14.0. The predicted octanol–water partition coefficient (Wildman–Crippen LogP) is 1.90. The van der Waals surface area contributed by atoms with E-state index in [-0.39, 0.29) is 6.03 Å². The fourth-order valence-electron chi connectivity index (χ4n) is 2.10. The number of aromatic nitrogens is 3. The van der Waals surface area contributed by atoms with E-state index in [1.54, 1.807) is 13.1 Å². The van der Waals surface area contributed by atoms with E-state index in [9.17, 15) is 4.79 Å². The van der Waals surface area contributed by atoms with Gasteiger partial charge >= 0.3 is 6.03 Å². The number of amides is 2. The highest BCUT2D eigenvalue weighted by Gasteiger charge is 2.22. The summed E-state index contributed by atoms with van der Waals surface area (Å²) in [4.78, 5) is 27.1. The van der Waals surface area contributed by atoms with Gasteiger partial charge in [0, 0.05) is 31.0 Å². The normalized spacial score (nSPS) is 13.7. The second-order valence-electron chi connectivity index (χ2n) is 4.46. The number of urea groups is 1. The van der Waals surface area contributed by atoms with E-state index in [2.05, 4.69) is 30.5 Å². The third kappa shape index (κ3) is 3.06. The quantitative estimate of drug-likeness (QED) is 0.824. The van der Waals surface area contributed by atoms with Crippen molar-refractivity contribution < 1.29 is 4.79 Å². The lowest BCUT2D eigenvalue weighted by molar-refractivity contribution is 0.254. The zero-order valence-corrected chi connectivity index (χ0v) is 12.8. The van der Waals surface area contributed by atoms with Crippen LogP contribution in [0.1, 0.15) is 10.6 Å². The average Bonchev–Trinajstić information content (AvgIpc) is 2.88. The highest BCUT2D eigenvalue weighted by atomic mass is 35.5. The Hall–Kier alpha value is -1.93. The van der Waals surface area contributed by atoms with Crippen LogP contribution in [0.25, 0.3) is 0 Å². The number of halogens is 1. The molecule has 3 rings (SSSR count). The summed E-state index contributed by atoms with van der Waals surface area (Å²) in [6, 6.07) is 1.48. The Morgan fingerprint density at radius 3 is 3.10 bits per heavy atom. The average molecular weight is 325 g/mol. The molecule has 2 amide bonds. The number of carbonyl (C=O) groups excluding carboxylic acids is 1. The van der Waals surface area contributed by atoms with Crippen LogP contribution in [0, 0.1) is 0 Å². The van der Waals surface area contributed by atoms with E-state index < -0.39 is 0 Å². The Kier molecular flexibility index (Phi) is 3.89. The molecular formula is C12H13ClN6OS. The number of fused-ring (bicyclic) bond motifs is 1. The van der Waals surface area contributed by atoms with E-state index in [1.165, 1.54) is 17.7 Å². The lowest BCUT2D eigenvalue weighted by Gasteiger charge is -2.26. The first-order valence-electron chi connectivity index (χ1n) is 6.35. The SMILES string of the molecule is CNC(=O)Nc1nc2c(s1)CN(c1cc(Cl)ncn1)CC2. The molecule has 0 fully saturated rings. The van der Waals surface area contributed by atoms with E-state index in [0.29, 0.717) is 16.8 Å². The van der Waals surface area contributed by atoms with Gasteiger partial charge in [0.1, 0.15) is 17.3 Å². The number of thiazole rings is 1. The van der Waals surface area contributed by atoms with Crippen molar-refractivity contribution in [1.29, 1.82) is 0 Å². The summed E-state index contributed by atoms with van der Waals surface area (Å²) >= 11 is 7.38. The summed E-state index contributed by atoms with van der Waals surface area (Å²) in [6.07, 6.45) is 2.27. The molecule has 1 aliphatic rings. The Balaban J connectivity index is 1.77. The summed E-state index contributed by atoms with van der Waals surface area (Å²) in [5.74, 6) is 0.801. The summed E-state index contributed by atoms with van der Waals surface area (Å²) in [5, 5.41) is 6.25. The van der Waals surface area contributed by atoms with Gasteiger partial charge in [-0.3, -0.25) is 5.32 Å². The lowest BCUT2D eigenvalue weighted by Crippen LogP contribution is -2.30. The zero-order chi connectivity index (χ0) is 14.8. The van der Waals surface area contributed by atoms with Crippen molar-refractivity contribution >= 4 is 39.9 Å². The van der Waals surface area contributed by atoms with Crippen LogP contribution in [0.3, 0.4) is 0 Å². The highest BCUT2D eigenvalue weighted by molar-refractivity contribution is 7.15.